The molecular formula is C10H11ClO2. The molecule has 2 nitrogen and oxygen atoms in total. The predicted molar refractivity (Wildman–Crippen MR) is 52.1 cm³/mol. The highest BCUT2D eigenvalue weighted by atomic mass is 35.5. The van der Waals surface area contributed by atoms with E-state index in [0.29, 0.717) is 5.75 Å². The Balaban J connectivity index is 2.64. The van der Waals surface area contributed by atoms with Gasteiger partial charge in [0.15, 0.2) is 5.78 Å². The Kier molecular flexibility index (Phi) is 3.32. The van der Waals surface area contributed by atoms with E-state index in [1.807, 2.05) is 19.1 Å². The zero-order valence-corrected chi connectivity index (χ0v) is 8.34. The van der Waals surface area contributed by atoms with Crippen molar-refractivity contribution < 1.29 is 9.53 Å². The second-order valence-corrected chi connectivity index (χ2v) is 3.25. The fourth-order valence-corrected chi connectivity index (χ4v) is 0.922. The van der Waals surface area contributed by atoms with Gasteiger partial charge < -0.3 is 4.74 Å². The minimum atomic E-state index is -0.886. The lowest BCUT2D eigenvalue weighted by Gasteiger charge is -2.09. The number of carbonyl (C=O) groups excluding carboxylic acids is 1. The summed E-state index contributed by atoms with van der Waals surface area (Å²) in [7, 11) is 0. The first-order valence-electron chi connectivity index (χ1n) is 3.97. The number of aryl methyl sites for hydroxylation is 1. The Morgan fingerprint density at radius 1 is 1.38 bits per heavy atom. The number of ether oxygens (including phenoxy) is 1. The highest BCUT2D eigenvalue weighted by Gasteiger charge is 2.10. The third-order valence-corrected chi connectivity index (χ3v) is 1.98. The number of benzene rings is 1. The molecule has 0 N–H and O–H groups in total. The Morgan fingerprint density at radius 2 is 1.92 bits per heavy atom. The molecule has 0 spiro atoms. The van der Waals surface area contributed by atoms with Crippen LogP contribution in [0.15, 0.2) is 24.3 Å². The van der Waals surface area contributed by atoms with Gasteiger partial charge in [0.1, 0.15) is 5.75 Å². The molecule has 0 heterocycles. The van der Waals surface area contributed by atoms with Crippen LogP contribution in [0.4, 0.5) is 0 Å². The van der Waals surface area contributed by atoms with Crippen LogP contribution < -0.4 is 4.74 Å². The van der Waals surface area contributed by atoms with Crippen LogP contribution in [0.5, 0.6) is 5.75 Å². The van der Waals surface area contributed by atoms with E-state index < -0.39 is 5.56 Å². The summed E-state index contributed by atoms with van der Waals surface area (Å²) in [5.41, 5.74) is 0.254. The molecule has 0 aliphatic heterocycles. The number of halogens is 1. The number of hydrogen-bond acceptors (Lipinski definition) is 2. The highest BCUT2D eigenvalue weighted by molar-refractivity contribution is 6.29. The number of ketones is 1. The lowest BCUT2D eigenvalue weighted by molar-refractivity contribution is -0.120. The first-order valence-corrected chi connectivity index (χ1v) is 4.41. The Bertz CT molecular complexity index is 292. The quantitative estimate of drug-likeness (QED) is 0.698. The third-order valence-electron chi connectivity index (χ3n) is 1.58. The molecule has 0 saturated heterocycles. The van der Waals surface area contributed by atoms with Crippen molar-refractivity contribution >= 4 is 17.4 Å². The minimum Gasteiger partial charge on any atom is -0.467 e. The van der Waals surface area contributed by atoms with E-state index >= 15 is 0 Å². The number of Topliss-reactive ketones (excluding diaryl/α,β-unsaturated/α-hetero) is 1. The molecule has 0 aliphatic carbocycles. The molecule has 1 unspecified atom stereocenters. The van der Waals surface area contributed by atoms with Crippen LogP contribution in [0.1, 0.15) is 12.5 Å². The lowest BCUT2D eigenvalue weighted by atomic mass is 10.2. The van der Waals surface area contributed by atoms with Crippen LogP contribution in [0, 0.1) is 6.92 Å². The van der Waals surface area contributed by atoms with E-state index in [0.717, 1.165) is 5.56 Å². The predicted octanol–water partition coefficient (Wildman–Crippen LogP) is 2.53. The van der Waals surface area contributed by atoms with Crippen molar-refractivity contribution in [3.8, 4) is 5.75 Å². The van der Waals surface area contributed by atoms with Crippen molar-refractivity contribution in [2.24, 2.45) is 0 Å². The fourth-order valence-electron chi connectivity index (χ4n) is 0.819. The van der Waals surface area contributed by atoms with E-state index in [4.69, 9.17) is 16.3 Å². The highest BCUT2D eigenvalue weighted by Crippen LogP contribution is 2.14. The van der Waals surface area contributed by atoms with Gasteiger partial charge >= 0.3 is 0 Å². The van der Waals surface area contributed by atoms with E-state index in [2.05, 4.69) is 0 Å². The zero-order valence-electron chi connectivity index (χ0n) is 7.58. The standard InChI is InChI=1S/C10H11ClO2/c1-7-3-5-9(6-4-7)13-10(11)8(2)12/h3-6,10H,1-2H3. The third kappa shape index (κ3) is 3.07. The van der Waals surface area contributed by atoms with Crippen LogP contribution >= 0.6 is 11.6 Å². The van der Waals surface area contributed by atoms with Gasteiger partial charge in [-0.3, -0.25) is 4.79 Å². The van der Waals surface area contributed by atoms with Crippen molar-refractivity contribution in [2.75, 3.05) is 0 Å². The maximum absolute atomic E-state index is 10.8. The van der Waals surface area contributed by atoms with Crippen LogP contribution in [-0.4, -0.2) is 11.3 Å². The first kappa shape index (κ1) is 10.1. The molecule has 1 aromatic carbocycles. The molecule has 1 aromatic rings. The largest absolute Gasteiger partial charge is 0.467 e. The summed E-state index contributed by atoms with van der Waals surface area (Å²) < 4.78 is 5.15. The van der Waals surface area contributed by atoms with E-state index in [1.165, 1.54) is 6.92 Å². The molecular weight excluding hydrogens is 188 g/mol. The van der Waals surface area contributed by atoms with Gasteiger partial charge in [0.25, 0.3) is 0 Å². The normalized spacial score (nSPS) is 12.2. The Morgan fingerprint density at radius 3 is 2.38 bits per heavy atom. The van der Waals surface area contributed by atoms with Crippen LogP contribution in [0.2, 0.25) is 0 Å². The molecule has 70 valence electrons. The second kappa shape index (κ2) is 4.28. The van der Waals surface area contributed by atoms with E-state index in [1.54, 1.807) is 12.1 Å². The molecule has 13 heavy (non-hydrogen) atoms. The minimum absolute atomic E-state index is 0.192. The van der Waals surface area contributed by atoms with Gasteiger partial charge in [0, 0.05) is 0 Å². The molecule has 3 heteroatoms. The summed E-state index contributed by atoms with van der Waals surface area (Å²) in [6.07, 6.45) is 0. The zero-order chi connectivity index (χ0) is 9.84. The van der Waals surface area contributed by atoms with Gasteiger partial charge in [-0.25, -0.2) is 0 Å². The van der Waals surface area contributed by atoms with Gasteiger partial charge in [0.05, 0.1) is 0 Å². The second-order valence-electron chi connectivity index (χ2n) is 2.86. The molecule has 0 radical (unpaired) electrons. The molecule has 0 aromatic heterocycles. The lowest BCUT2D eigenvalue weighted by Crippen LogP contribution is -2.17. The Labute approximate surface area is 82.5 Å². The van der Waals surface area contributed by atoms with Crippen LogP contribution in [0.3, 0.4) is 0 Å². The monoisotopic (exact) mass is 198 g/mol. The van der Waals surface area contributed by atoms with Crippen LogP contribution in [0.25, 0.3) is 0 Å². The smallest absolute Gasteiger partial charge is 0.229 e. The van der Waals surface area contributed by atoms with Crippen molar-refractivity contribution in [1.82, 2.24) is 0 Å². The molecule has 1 rings (SSSR count). The van der Waals surface area contributed by atoms with Crippen molar-refractivity contribution in [1.29, 1.82) is 0 Å². The van der Waals surface area contributed by atoms with E-state index in [-0.39, 0.29) is 5.78 Å². The number of alkyl halides is 1. The molecule has 1 atom stereocenters. The topological polar surface area (TPSA) is 26.3 Å². The summed E-state index contributed by atoms with van der Waals surface area (Å²) in [6, 6.07) is 7.37. The molecule has 0 saturated carbocycles. The summed E-state index contributed by atoms with van der Waals surface area (Å²) in [4.78, 5) is 10.8. The summed E-state index contributed by atoms with van der Waals surface area (Å²) >= 11 is 5.62. The van der Waals surface area contributed by atoms with Crippen molar-refractivity contribution in [2.45, 2.75) is 19.4 Å². The van der Waals surface area contributed by atoms with Gasteiger partial charge in [0.2, 0.25) is 5.56 Å². The maximum atomic E-state index is 10.8. The van der Waals surface area contributed by atoms with Crippen LogP contribution in [-0.2, 0) is 4.79 Å². The van der Waals surface area contributed by atoms with Crippen molar-refractivity contribution in [3.05, 3.63) is 29.8 Å². The molecule has 0 aliphatic rings. The average molecular weight is 199 g/mol. The molecule has 0 fully saturated rings. The number of hydrogen-bond donors (Lipinski definition) is 0. The average Bonchev–Trinajstić information content (AvgIpc) is 2.08. The van der Waals surface area contributed by atoms with Gasteiger partial charge in [-0.15, -0.1) is 0 Å². The first-order chi connectivity index (χ1) is 6.09. The molecule has 0 amide bonds. The van der Waals surface area contributed by atoms with Gasteiger partial charge in [-0.05, 0) is 26.0 Å². The summed E-state index contributed by atoms with van der Waals surface area (Å²) in [5, 5.41) is 0. The number of rotatable bonds is 3. The Hall–Kier alpha value is -1.02. The van der Waals surface area contributed by atoms with E-state index in [9.17, 15) is 4.79 Å². The molecule has 0 bridgehead atoms. The van der Waals surface area contributed by atoms with Crippen molar-refractivity contribution in [3.63, 3.8) is 0 Å². The SMILES string of the molecule is CC(=O)C(Cl)Oc1ccc(C)cc1. The number of carbonyl (C=O) groups is 1. The summed E-state index contributed by atoms with van der Waals surface area (Å²) in [5.74, 6) is 0.419. The fraction of sp³-hybridized carbons (Fsp3) is 0.300. The maximum Gasteiger partial charge on any atom is 0.229 e. The van der Waals surface area contributed by atoms with Gasteiger partial charge in [-0.2, -0.15) is 0 Å². The summed E-state index contributed by atoms with van der Waals surface area (Å²) in [6.45, 7) is 3.37. The van der Waals surface area contributed by atoms with Gasteiger partial charge in [-0.1, -0.05) is 29.3 Å².